The number of carboxylic acids is 1. The van der Waals surface area contributed by atoms with Crippen LogP contribution < -0.4 is 0 Å². The highest BCUT2D eigenvalue weighted by molar-refractivity contribution is 7.92. The molecule has 0 heterocycles. The van der Waals surface area contributed by atoms with Crippen molar-refractivity contribution in [3.8, 4) is 0 Å². The molecule has 0 aliphatic carbocycles. The molecule has 8 heteroatoms. The number of rotatable bonds is 7. The van der Waals surface area contributed by atoms with Crippen LogP contribution in [0.1, 0.15) is 6.42 Å². The maximum absolute atomic E-state index is 11.5. The van der Waals surface area contributed by atoms with Crippen LogP contribution in [0.25, 0.3) is 0 Å². The Kier molecular flexibility index (Phi) is 5.97. The number of carbonyl (C=O) groups is 2. The van der Waals surface area contributed by atoms with Crippen LogP contribution in [0, 0.1) is 0 Å². The number of sulfone groups is 1. The number of esters is 1. The number of hydrogen-bond acceptors (Lipinski definition) is 6. The fourth-order valence-corrected chi connectivity index (χ4v) is 2.34. The summed E-state index contributed by atoms with van der Waals surface area (Å²) in [4.78, 5) is 21.4. The lowest BCUT2D eigenvalue weighted by molar-refractivity contribution is -0.140. The van der Waals surface area contributed by atoms with Gasteiger partial charge in [0.1, 0.15) is 0 Å². The first-order valence-corrected chi connectivity index (χ1v) is 6.06. The molecule has 0 fully saturated rings. The van der Waals surface area contributed by atoms with Gasteiger partial charge in [0, 0.05) is 7.11 Å². The number of carbonyl (C=O) groups excluding carboxylic acids is 1. The summed E-state index contributed by atoms with van der Waals surface area (Å²) >= 11 is 0. The second-order valence-electron chi connectivity index (χ2n) is 2.98. The highest BCUT2D eigenvalue weighted by atomic mass is 32.2. The standard InChI is InChI=1S/C8H14O7S/c1-14-5-6(8(10)11)16(12,13)4-3-7(9)15-2/h6H,3-5H2,1-2H3,(H,10,11). The van der Waals surface area contributed by atoms with E-state index in [1.807, 2.05) is 0 Å². The number of carboxylic acid groups (broad SMARTS) is 1. The Bertz CT molecular complexity index is 345. The van der Waals surface area contributed by atoms with Crippen LogP contribution in [0.2, 0.25) is 0 Å². The summed E-state index contributed by atoms with van der Waals surface area (Å²) in [6.45, 7) is -0.446. The molecule has 16 heavy (non-hydrogen) atoms. The molecule has 0 amide bonds. The molecule has 0 aromatic heterocycles. The minimum atomic E-state index is -3.91. The number of methoxy groups -OCH3 is 2. The fraction of sp³-hybridized carbons (Fsp3) is 0.750. The van der Waals surface area contributed by atoms with Crippen molar-refractivity contribution in [2.45, 2.75) is 11.7 Å². The molecule has 1 atom stereocenters. The van der Waals surface area contributed by atoms with E-state index >= 15 is 0 Å². The third-order valence-corrected chi connectivity index (χ3v) is 3.82. The molecule has 1 N–H and O–H groups in total. The van der Waals surface area contributed by atoms with Gasteiger partial charge in [0.15, 0.2) is 15.1 Å². The van der Waals surface area contributed by atoms with Gasteiger partial charge in [-0.3, -0.25) is 9.59 Å². The van der Waals surface area contributed by atoms with E-state index in [1.54, 1.807) is 0 Å². The maximum atomic E-state index is 11.5. The van der Waals surface area contributed by atoms with Crippen molar-refractivity contribution in [3.63, 3.8) is 0 Å². The Morgan fingerprint density at radius 2 is 1.88 bits per heavy atom. The lowest BCUT2D eigenvalue weighted by Crippen LogP contribution is -2.36. The van der Waals surface area contributed by atoms with Crippen LogP contribution in [0.4, 0.5) is 0 Å². The van der Waals surface area contributed by atoms with Gasteiger partial charge in [0.2, 0.25) is 0 Å². The summed E-state index contributed by atoms with van der Waals surface area (Å²) in [7, 11) is -1.59. The summed E-state index contributed by atoms with van der Waals surface area (Å²) in [6, 6.07) is 0. The topological polar surface area (TPSA) is 107 Å². The molecule has 0 rings (SSSR count). The van der Waals surface area contributed by atoms with Gasteiger partial charge < -0.3 is 14.6 Å². The van der Waals surface area contributed by atoms with Crippen molar-refractivity contribution in [1.82, 2.24) is 0 Å². The molecule has 0 saturated heterocycles. The van der Waals surface area contributed by atoms with Gasteiger partial charge in [-0.15, -0.1) is 0 Å². The second-order valence-corrected chi connectivity index (χ2v) is 5.28. The van der Waals surface area contributed by atoms with E-state index in [0.717, 1.165) is 7.11 Å². The molecule has 0 aromatic carbocycles. The van der Waals surface area contributed by atoms with Crippen LogP contribution in [-0.4, -0.2) is 57.3 Å². The Morgan fingerprint density at radius 3 is 2.25 bits per heavy atom. The summed E-state index contributed by atoms with van der Waals surface area (Å²) in [6.07, 6.45) is -0.369. The predicted octanol–water partition coefficient (Wildman–Crippen LogP) is -0.936. The van der Waals surface area contributed by atoms with E-state index in [-0.39, 0.29) is 6.42 Å². The highest BCUT2D eigenvalue weighted by Crippen LogP contribution is 2.06. The maximum Gasteiger partial charge on any atom is 0.324 e. The van der Waals surface area contributed by atoms with Gasteiger partial charge in [-0.25, -0.2) is 8.42 Å². The Balaban J connectivity index is 4.61. The Labute approximate surface area is 93.3 Å². The molecule has 0 spiro atoms. The van der Waals surface area contributed by atoms with Crippen molar-refractivity contribution in [1.29, 1.82) is 0 Å². The minimum Gasteiger partial charge on any atom is -0.480 e. The zero-order valence-corrected chi connectivity index (χ0v) is 9.82. The van der Waals surface area contributed by atoms with Gasteiger partial charge in [0.25, 0.3) is 0 Å². The van der Waals surface area contributed by atoms with Crippen molar-refractivity contribution in [3.05, 3.63) is 0 Å². The van der Waals surface area contributed by atoms with Crippen molar-refractivity contribution >= 4 is 21.8 Å². The van der Waals surface area contributed by atoms with Crippen LogP contribution in [0.15, 0.2) is 0 Å². The van der Waals surface area contributed by atoms with Crippen molar-refractivity contribution < 1.29 is 32.6 Å². The zero-order valence-electron chi connectivity index (χ0n) is 9.00. The van der Waals surface area contributed by atoms with Gasteiger partial charge in [0.05, 0.1) is 25.9 Å². The third-order valence-electron chi connectivity index (χ3n) is 1.85. The van der Waals surface area contributed by atoms with E-state index in [2.05, 4.69) is 9.47 Å². The van der Waals surface area contributed by atoms with Crippen LogP contribution in [0.5, 0.6) is 0 Å². The average Bonchev–Trinajstić information content (AvgIpc) is 2.21. The second kappa shape index (κ2) is 6.44. The Hall–Kier alpha value is -1.15. The minimum absolute atomic E-state index is 0.369. The highest BCUT2D eigenvalue weighted by Gasteiger charge is 2.32. The first-order valence-electron chi connectivity index (χ1n) is 4.35. The molecule has 1 unspecified atom stereocenters. The molecule has 0 aliphatic rings. The molecule has 94 valence electrons. The quantitative estimate of drug-likeness (QED) is 0.584. The summed E-state index contributed by atoms with van der Waals surface area (Å²) in [5.74, 6) is -2.77. The average molecular weight is 254 g/mol. The van der Waals surface area contributed by atoms with E-state index in [1.165, 1.54) is 7.11 Å². The lowest BCUT2D eigenvalue weighted by Gasteiger charge is -2.11. The van der Waals surface area contributed by atoms with Gasteiger partial charge in [-0.1, -0.05) is 0 Å². The molecule has 0 radical (unpaired) electrons. The first-order chi connectivity index (χ1) is 7.35. The van der Waals surface area contributed by atoms with E-state index < -0.39 is 39.4 Å². The van der Waals surface area contributed by atoms with E-state index in [9.17, 15) is 18.0 Å². The van der Waals surface area contributed by atoms with Gasteiger partial charge in [-0.2, -0.15) is 0 Å². The SMILES string of the molecule is COCC(C(=O)O)S(=O)(=O)CCC(=O)OC. The van der Waals surface area contributed by atoms with Crippen molar-refractivity contribution in [2.75, 3.05) is 26.6 Å². The van der Waals surface area contributed by atoms with Gasteiger partial charge >= 0.3 is 11.9 Å². The van der Waals surface area contributed by atoms with Crippen LogP contribution in [-0.2, 0) is 28.9 Å². The smallest absolute Gasteiger partial charge is 0.324 e. The molecule has 0 bridgehead atoms. The molecule has 0 aliphatic heterocycles. The molecule has 0 aromatic rings. The largest absolute Gasteiger partial charge is 0.480 e. The number of aliphatic carboxylic acids is 1. The van der Waals surface area contributed by atoms with E-state index in [0.29, 0.717) is 0 Å². The summed E-state index contributed by atoms with van der Waals surface area (Å²) in [5, 5.41) is 7.04. The van der Waals surface area contributed by atoms with Gasteiger partial charge in [-0.05, 0) is 0 Å². The Morgan fingerprint density at radius 1 is 1.31 bits per heavy atom. The first kappa shape index (κ1) is 14.8. The molecular formula is C8H14O7S. The summed E-state index contributed by atoms with van der Waals surface area (Å²) in [5.41, 5.74) is 0. The lowest BCUT2D eigenvalue weighted by atomic mass is 10.4. The van der Waals surface area contributed by atoms with E-state index in [4.69, 9.17) is 5.11 Å². The number of ether oxygens (including phenoxy) is 2. The predicted molar refractivity (Wildman–Crippen MR) is 53.7 cm³/mol. The van der Waals surface area contributed by atoms with Crippen LogP contribution >= 0.6 is 0 Å². The van der Waals surface area contributed by atoms with Crippen molar-refractivity contribution in [2.24, 2.45) is 0 Å². The summed E-state index contributed by atoms with van der Waals surface area (Å²) < 4.78 is 31.8. The number of hydrogen-bond donors (Lipinski definition) is 1. The molecule has 7 nitrogen and oxygen atoms in total. The monoisotopic (exact) mass is 254 g/mol. The molecule has 0 saturated carbocycles. The normalized spacial score (nSPS) is 13.1. The van der Waals surface area contributed by atoms with Crippen LogP contribution in [0.3, 0.4) is 0 Å². The third kappa shape index (κ3) is 4.58. The fourth-order valence-electron chi connectivity index (χ4n) is 0.950. The zero-order chi connectivity index (χ0) is 12.8. The molecular weight excluding hydrogens is 240 g/mol.